The molecule has 2 fully saturated rings. The molecule has 2 heterocycles. The number of morpholine rings is 1. The van der Waals surface area contributed by atoms with E-state index in [9.17, 15) is 13.2 Å². The molecule has 1 amide bonds. The van der Waals surface area contributed by atoms with Gasteiger partial charge < -0.3 is 10.1 Å². The Morgan fingerprint density at radius 1 is 1.29 bits per heavy atom. The average Bonchev–Trinajstić information content (AvgIpc) is 2.87. The van der Waals surface area contributed by atoms with Crippen molar-refractivity contribution in [1.82, 2.24) is 9.62 Å². The number of benzene rings is 1. The number of fused-ring (bicyclic) bond motifs is 2. The Morgan fingerprint density at radius 3 is 2.75 bits per heavy atom. The number of rotatable bonds is 6. The van der Waals surface area contributed by atoms with Gasteiger partial charge in [0.1, 0.15) is 0 Å². The van der Waals surface area contributed by atoms with Crippen molar-refractivity contribution in [2.45, 2.75) is 38.5 Å². The second-order valence-corrected chi connectivity index (χ2v) is 8.56. The van der Waals surface area contributed by atoms with Crippen LogP contribution in [0.3, 0.4) is 0 Å². The molecule has 7 heteroatoms. The first-order chi connectivity index (χ1) is 11.5. The van der Waals surface area contributed by atoms with E-state index < -0.39 is 10.0 Å². The number of carbonyl (C=O) groups excluding carboxylic acids is 1. The monoisotopic (exact) mass is 352 g/mol. The van der Waals surface area contributed by atoms with Crippen LogP contribution in [0.5, 0.6) is 0 Å². The molecule has 0 aromatic heterocycles. The van der Waals surface area contributed by atoms with Crippen molar-refractivity contribution < 1.29 is 17.9 Å². The fourth-order valence-corrected chi connectivity index (χ4v) is 4.97. The maximum absolute atomic E-state index is 12.5. The van der Waals surface area contributed by atoms with Crippen LogP contribution in [0.4, 0.5) is 0 Å². The number of nitrogens with one attached hydrogen (secondary N) is 1. The Bertz CT molecular complexity index is 677. The molecular weight excluding hydrogens is 328 g/mol. The van der Waals surface area contributed by atoms with Crippen molar-refractivity contribution in [1.29, 1.82) is 0 Å². The van der Waals surface area contributed by atoms with E-state index in [2.05, 4.69) is 5.32 Å². The lowest BCUT2D eigenvalue weighted by Gasteiger charge is -2.31. The molecule has 0 spiro atoms. The molecule has 1 aromatic rings. The number of amides is 1. The van der Waals surface area contributed by atoms with Crippen LogP contribution < -0.4 is 5.32 Å². The van der Waals surface area contributed by atoms with Crippen molar-refractivity contribution in [3.05, 3.63) is 35.9 Å². The molecule has 24 heavy (non-hydrogen) atoms. The van der Waals surface area contributed by atoms with Crippen LogP contribution in [0, 0.1) is 5.92 Å². The Morgan fingerprint density at radius 2 is 2.04 bits per heavy atom. The predicted molar refractivity (Wildman–Crippen MR) is 90.7 cm³/mol. The molecule has 0 aliphatic carbocycles. The van der Waals surface area contributed by atoms with Gasteiger partial charge in [-0.15, -0.1) is 0 Å². The largest absolute Gasteiger partial charge is 0.371 e. The summed E-state index contributed by atoms with van der Waals surface area (Å²) in [4.78, 5) is 12.5. The highest BCUT2D eigenvalue weighted by Crippen LogP contribution is 2.33. The lowest BCUT2D eigenvalue weighted by molar-refractivity contribution is -0.127. The van der Waals surface area contributed by atoms with Gasteiger partial charge in [-0.25, -0.2) is 8.42 Å². The van der Waals surface area contributed by atoms with Gasteiger partial charge in [0.2, 0.25) is 15.9 Å². The smallest absolute Gasteiger partial charge is 0.226 e. The van der Waals surface area contributed by atoms with Crippen molar-refractivity contribution in [2.75, 3.05) is 18.8 Å². The summed E-state index contributed by atoms with van der Waals surface area (Å²) in [6, 6.07) is 9.73. The van der Waals surface area contributed by atoms with E-state index in [0.29, 0.717) is 25.9 Å². The zero-order chi connectivity index (χ0) is 17.2. The Kier molecular flexibility index (Phi) is 5.22. The second kappa shape index (κ2) is 7.21. The van der Waals surface area contributed by atoms with Gasteiger partial charge in [-0.3, -0.25) is 4.79 Å². The van der Waals surface area contributed by atoms with E-state index in [4.69, 9.17) is 4.74 Å². The number of sulfonamides is 1. The quantitative estimate of drug-likeness (QED) is 0.833. The fourth-order valence-electron chi connectivity index (χ4n) is 3.43. The lowest BCUT2D eigenvalue weighted by Crippen LogP contribution is -2.48. The van der Waals surface area contributed by atoms with E-state index in [-0.39, 0.29) is 36.3 Å². The number of ether oxygens (including phenoxy) is 1. The molecule has 1 aromatic carbocycles. The summed E-state index contributed by atoms with van der Waals surface area (Å²) in [5, 5.41) is 2.95. The van der Waals surface area contributed by atoms with Crippen molar-refractivity contribution >= 4 is 15.9 Å². The van der Waals surface area contributed by atoms with Crippen LogP contribution in [0.1, 0.15) is 25.3 Å². The molecule has 0 unspecified atom stereocenters. The third kappa shape index (κ3) is 3.79. The molecule has 3 atom stereocenters. The maximum Gasteiger partial charge on any atom is 0.226 e. The molecule has 6 nitrogen and oxygen atoms in total. The van der Waals surface area contributed by atoms with Crippen LogP contribution >= 0.6 is 0 Å². The van der Waals surface area contributed by atoms with E-state index in [1.165, 1.54) is 4.31 Å². The van der Waals surface area contributed by atoms with Crippen LogP contribution in [0.25, 0.3) is 0 Å². The maximum atomic E-state index is 12.5. The van der Waals surface area contributed by atoms with Crippen molar-refractivity contribution in [2.24, 2.45) is 5.92 Å². The molecule has 2 bridgehead atoms. The van der Waals surface area contributed by atoms with Gasteiger partial charge in [0.25, 0.3) is 0 Å². The minimum Gasteiger partial charge on any atom is -0.371 e. The van der Waals surface area contributed by atoms with Gasteiger partial charge in [0.05, 0.1) is 23.9 Å². The first kappa shape index (κ1) is 17.4. The van der Waals surface area contributed by atoms with Crippen LogP contribution in [0.15, 0.2) is 30.3 Å². The van der Waals surface area contributed by atoms with Gasteiger partial charge in [0.15, 0.2) is 0 Å². The van der Waals surface area contributed by atoms with Gasteiger partial charge in [-0.2, -0.15) is 4.31 Å². The Labute approximate surface area is 143 Å². The van der Waals surface area contributed by atoms with Crippen molar-refractivity contribution in [3.8, 4) is 0 Å². The molecule has 0 radical (unpaired) electrons. The van der Waals surface area contributed by atoms with Crippen LogP contribution in [0.2, 0.25) is 0 Å². The molecule has 1 N–H and O–H groups in total. The SMILES string of the molecule is CCCS(=O)(=O)N1C[C@H]2C[C@H](C(=O)NCc3ccccc3)[C@@H](C1)O2. The molecule has 2 aliphatic rings. The van der Waals surface area contributed by atoms with Gasteiger partial charge in [-0.1, -0.05) is 37.3 Å². The predicted octanol–water partition coefficient (Wildman–Crippen LogP) is 1.13. The highest BCUT2D eigenvalue weighted by molar-refractivity contribution is 7.89. The van der Waals surface area contributed by atoms with Gasteiger partial charge in [0, 0.05) is 19.6 Å². The number of hydrogen-bond donors (Lipinski definition) is 1. The third-order valence-corrected chi connectivity index (χ3v) is 6.63. The van der Waals surface area contributed by atoms with Gasteiger partial charge >= 0.3 is 0 Å². The Hall–Kier alpha value is -1.44. The summed E-state index contributed by atoms with van der Waals surface area (Å²) >= 11 is 0. The van der Waals surface area contributed by atoms with Crippen molar-refractivity contribution in [3.63, 3.8) is 0 Å². The molecule has 2 aliphatic heterocycles. The van der Waals surface area contributed by atoms with E-state index >= 15 is 0 Å². The summed E-state index contributed by atoms with van der Waals surface area (Å²) in [5.74, 6) is -0.182. The zero-order valence-corrected chi connectivity index (χ0v) is 14.7. The zero-order valence-electron chi connectivity index (χ0n) is 13.8. The Balaban J connectivity index is 1.60. The lowest BCUT2D eigenvalue weighted by atomic mass is 9.99. The fraction of sp³-hybridized carbons (Fsp3) is 0.588. The third-order valence-electron chi connectivity index (χ3n) is 4.63. The molecular formula is C17H24N2O4S. The van der Waals surface area contributed by atoms with E-state index in [1.807, 2.05) is 37.3 Å². The molecule has 3 rings (SSSR count). The van der Waals surface area contributed by atoms with Crippen LogP contribution in [-0.2, 0) is 26.1 Å². The number of nitrogens with zero attached hydrogens (tertiary/aromatic N) is 1. The van der Waals surface area contributed by atoms with E-state index in [0.717, 1.165) is 5.56 Å². The summed E-state index contributed by atoms with van der Waals surface area (Å²) in [5.41, 5.74) is 1.04. The molecule has 2 saturated heterocycles. The highest BCUT2D eigenvalue weighted by Gasteiger charge is 2.46. The van der Waals surface area contributed by atoms with Crippen LogP contribution in [-0.4, -0.2) is 49.7 Å². The summed E-state index contributed by atoms with van der Waals surface area (Å²) < 4.78 is 31.8. The summed E-state index contributed by atoms with van der Waals surface area (Å²) in [7, 11) is -3.24. The summed E-state index contributed by atoms with van der Waals surface area (Å²) in [6.07, 6.45) is 0.661. The topological polar surface area (TPSA) is 75.7 Å². The highest BCUT2D eigenvalue weighted by atomic mass is 32.2. The number of carbonyl (C=O) groups is 1. The first-order valence-electron chi connectivity index (χ1n) is 8.44. The molecule has 0 saturated carbocycles. The molecule has 132 valence electrons. The van der Waals surface area contributed by atoms with E-state index in [1.54, 1.807) is 0 Å². The second-order valence-electron chi connectivity index (χ2n) is 6.48. The summed E-state index contributed by atoms with van der Waals surface area (Å²) in [6.45, 7) is 2.97. The van der Waals surface area contributed by atoms with Gasteiger partial charge in [-0.05, 0) is 18.4 Å². The normalized spacial score (nSPS) is 27.1. The minimum absolute atomic E-state index is 0.0545. The standard InChI is InChI=1S/C17H24N2O4S/c1-2-8-24(21,22)19-11-14-9-15(16(12-19)23-14)17(20)18-10-13-6-4-3-5-7-13/h3-7,14-16H,2,8-12H2,1H3,(H,18,20)/t14-,15+,16-/m1/s1. The average molecular weight is 352 g/mol. The first-order valence-corrected chi connectivity index (χ1v) is 10.1. The number of hydrogen-bond acceptors (Lipinski definition) is 4. The minimum atomic E-state index is -3.24.